The first kappa shape index (κ1) is 28.5. The second-order valence-electron chi connectivity index (χ2n) is 9.17. The van der Waals surface area contributed by atoms with Gasteiger partial charge in [0.15, 0.2) is 0 Å². The number of carbonyl (C=O) groups is 3. The Hall–Kier alpha value is -3.10. The molecule has 0 saturated heterocycles. The maximum Gasteiger partial charge on any atom is 0.306 e. The van der Waals surface area contributed by atoms with Gasteiger partial charge in [-0.15, -0.1) is 0 Å². The Morgan fingerprint density at radius 2 is 1.76 bits per heavy atom. The lowest BCUT2D eigenvalue weighted by molar-refractivity contribution is -0.145. The molecule has 7 nitrogen and oxygen atoms in total. The molecule has 0 aliphatic carbocycles. The number of thioether (sulfide) groups is 1. The van der Waals surface area contributed by atoms with E-state index in [0.717, 1.165) is 11.3 Å². The maximum absolute atomic E-state index is 13.2. The standard InChI is InChI=1S/C29H36N2O5S/c32-18-25(16-22-10-4-1-5-11-22)30-27(33)17-24-14-8-3-9-15-28(34)36-19-26(31-29(24)35)21-37-20-23-12-6-2-7-13-23/h1-8,10-13,24-26,32H,9,14-21H2,(H,30,33)(H,31,35). The molecule has 1 aliphatic rings. The Morgan fingerprint density at radius 3 is 2.46 bits per heavy atom. The van der Waals surface area contributed by atoms with E-state index in [-0.39, 0.29) is 49.9 Å². The smallest absolute Gasteiger partial charge is 0.306 e. The summed E-state index contributed by atoms with van der Waals surface area (Å²) >= 11 is 1.65. The van der Waals surface area contributed by atoms with Gasteiger partial charge in [0, 0.05) is 24.3 Å². The summed E-state index contributed by atoms with van der Waals surface area (Å²) in [6.07, 6.45) is 5.39. The second-order valence-corrected chi connectivity index (χ2v) is 10.2. The number of benzene rings is 2. The summed E-state index contributed by atoms with van der Waals surface area (Å²) < 4.78 is 5.41. The zero-order chi connectivity index (χ0) is 26.3. The predicted molar refractivity (Wildman–Crippen MR) is 146 cm³/mol. The summed E-state index contributed by atoms with van der Waals surface area (Å²) in [5.74, 6) is -0.0279. The van der Waals surface area contributed by atoms with E-state index in [4.69, 9.17) is 4.74 Å². The van der Waals surface area contributed by atoms with Crippen molar-refractivity contribution >= 4 is 29.5 Å². The van der Waals surface area contributed by atoms with Crippen molar-refractivity contribution in [2.45, 2.75) is 49.9 Å². The van der Waals surface area contributed by atoms with E-state index in [1.807, 2.05) is 72.8 Å². The molecule has 2 aromatic carbocycles. The van der Waals surface area contributed by atoms with E-state index in [1.165, 1.54) is 5.56 Å². The molecular formula is C29H36N2O5S. The lowest BCUT2D eigenvalue weighted by atomic mass is 9.98. The molecule has 0 radical (unpaired) electrons. The molecule has 3 N–H and O–H groups in total. The van der Waals surface area contributed by atoms with Crippen LogP contribution in [0.4, 0.5) is 0 Å². The second kappa shape index (κ2) is 15.9. The van der Waals surface area contributed by atoms with Crippen molar-refractivity contribution < 1.29 is 24.2 Å². The van der Waals surface area contributed by atoms with Gasteiger partial charge in [-0.05, 0) is 30.4 Å². The van der Waals surface area contributed by atoms with Crippen molar-refractivity contribution in [3.05, 3.63) is 83.9 Å². The number of cyclic esters (lactones) is 1. The number of hydrogen-bond donors (Lipinski definition) is 3. The molecule has 1 heterocycles. The maximum atomic E-state index is 13.2. The number of hydrogen-bond acceptors (Lipinski definition) is 6. The zero-order valence-electron chi connectivity index (χ0n) is 21.0. The largest absolute Gasteiger partial charge is 0.463 e. The number of esters is 1. The van der Waals surface area contributed by atoms with Gasteiger partial charge in [-0.2, -0.15) is 11.8 Å². The highest BCUT2D eigenvalue weighted by Crippen LogP contribution is 2.16. The van der Waals surface area contributed by atoms with E-state index in [0.29, 0.717) is 25.0 Å². The molecule has 2 amide bonds. The van der Waals surface area contributed by atoms with Crippen LogP contribution in [0.25, 0.3) is 0 Å². The van der Waals surface area contributed by atoms with Crippen LogP contribution in [0.3, 0.4) is 0 Å². The highest BCUT2D eigenvalue weighted by atomic mass is 32.2. The predicted octanol–water partition coefficient (Wildman–Crippen LogP) is 3.41. The molecule has 8 heteroatoms. The van der Waals surface area contributed by atoms with Crippen molar-refractivity contribution in [3.63, 3.8) is 0 Å². The van der Waals surface area contributed by atoms with Crippen LogP contribution in [0.2, 0.25) is 0 Å². The molecule has 2 aromatic rings. The average molecular weight is 525 g/mol. The van der Waals surface area contributed by atoms with Crippen LogP contribution in [-0.2, 0) is 31.3 Å². The summed E-state index contributed by atoms with van der Waals surface area (Å²) in [5, 5.41) is 15.7. The summed E-state index contributed by atoms with van der Waals surface area (Å²) in [6, 6.07) is 18.9. The van der Waals surface area contributed by atoms with Crippen LogP contribution >= 0.6 is 11.8 Å². The highest BCUT2D eigenvalue weighted by Gasteiger charge is 2.25. The van der Waals surface area contributed by atoms with Gasteiger partial charge in [-0.1, -0.05) is 72.8 Å². The Morgan fingerprint density at radius 1 is 1.05 bits per heavy atom. The highest BCUT2D eigenvalue weighted by molar-refractivity contribution is 7.98. The summed E-state index contributed by atoms with van der Waals surface area (Å²) in [7, 11) is 0. The SMILES string of the molecule is O=C(CC1CC=CCCC(=O)OCC(CSCc2ccccc2)NC1=O)NC(CO)Cc1ccccc1. The van der Waals surface area contributed by atoms with Gasteiger partial charge < -0.3 is 20.5 Å². The monoisotopic (exact) mass is 524 g/mol. The van der Waals surface area contributed by atoms with Crippen LogP contribution in [0, 0.1) is 5.92 Å². The average Bonchev–Trinajstić information content (AvgIpc) is 2.90. The number of nitrogens with one attached hydrogen (secondary N) is 2. The number of amides is 2. The van der Waals surface area contributed by atoms with Crippen LogP contribution in [0.15, 0.2) is 72.8 Å². The third kappa shape index (κ3) is 10.8. The molecule has 37 heavy (non-hydrogen) atoms. The number of aliphatic hydroxyl groups excluding tert-OH is 1. The Labute approximate surface area is 223 Å². The van der Waals surface area contributed by atoms with Gasteiger partial charge in [0.25, 0.3) is 0 Å². The summed E-state index contributed by atoms with van der Waals surface area (Å²) in [4.78, 5) is 38.1. The lowest BCUT2D eigenvalue weighted by Crippen LogP contribution is -2.45. The third-order valence-electron chi connectivity index (χ3n) is 6.04. The molecule has 0 saturated carbocycles. The molecule has 3 rings (SSSR count). The molecular weight excluding hydrogens is 488 g/mol. The Bertz CT molecular complexity index is 1020. The molecule has 1 aliphatic heterocycles. The van der Waals surface area contributed by atoms with E-state index < -0.39 is 12.0 Å². The third-order valence-corrected chi connectivity index (χ3v) is 7.21. The minimum absolute atomic E-state index is 0.00509. The van der Waals surface area contributed by atoms with Gasteiger partial charge in [-0.3, -0.25) is 14.4 Å². The molecule has 3 unspecified atom stereocenters. The lowest BCUT2D eigenvalue weighted by Gasteiger charge is -2.23. The van der Waals surface area contributed by atoms with E-state index in [1.54, 1.807) is 11.8 Å². The number of allylic oxidation sites excluding steroid dienone is 2. The van der Waals surface area contributed by atoms with Crippen LogP contribution < -0.4 is 10.6 Å². The normalized spacial score (nSPS) is 19.6. The first-order valence-electron chi connectivity index (χ1n) is 12.7. The zero-order valence-corrected chi connectivity index (χ0v) is 21.8. The van der Waals surface area contributed by atoms with Crippen molar-refractivity contribution in [2.75, 3.05) is 19.0 Å². The topological polar surface area (TPSA) is 105 Å². The molecule has 0 bridgehead atoms. The molecule has 3 atom stereocenters. The first-order chi connectivity index (χ1) is 18.0. The van der Waals surface area contributed by atoms with Gasteiger partial charge in [-0.25, -0.2) is 0 Å². The van der Waals surface area contributed by atoms with E-state index in [9.17, 15) is 19.5 Å². The van der Waals surface area contributed by atoms with Crippen molar-refractivity contribution in [1.29, 1.82) is 0 Å². The number of ether oxygens (including phenoxy) is 1. The molecule has 0 spiro atoms. The number of aliphatic hydroxyl groups is 1. The fourth-order valence-electron chi connectivity index (χ4n) is 4.04. The fraction of sp³-hybridized carbons (Fsp3) is 0.414. The quantitative estimate of drug-likeness (QED) is 0.325. The van der Waals surface area contributed by atoms with Crippen LogP contribution in [-0.4, -0.2) is 53.9 Å². The van der Waals surface area contributed by atoms with Crippen molar-refractivity contribution in [3.8, 4) is 0 Å². The molecule has 0 aromatic heterocycles. The van der Waals surface area contributed by atoms with Gasteiger partial charge >= 0.3 is 5.97 Å². The van der Waals surface area contributed by atoms with Gasteiger partial charge in [0.05, 0.1) is 24.6 Å². The van der Waals surface area contributed by atoms with Crippen molar-refractivity contribution in [2.24, 2.45) is 5.92 Å². The van der Waals surface area contributed by atoms with Crippen LogP contribution in [0.1, 0.15) is 36.8 Å². The summed E-state index contributed by atoms with van der Waals surface area (Å²) in [6.45, 7) is -0.0951. The van der Waals surface area contributed by atoms with E-state index >= 15 is 0 Å². The summed E-state index contributed by atoms with van der Waals surface area (Å²) in [5.41, 5.74) is 2.19. The van der Waals surface area contributed by atoms with Gasteiger partial charge in [0.1, 0.15) is 6.61 Å². The minimum Gasteiger partial charge on any atom is -0.463 e. The molecule has 198 valence electrons. The number of carbonyl (C=O) groups excluding carboxylic acids is 3. The Kier molecular flexibility index (Phi) is 12.2. The van der Waals surface area contributed by atoms with Crippen LogP contribution in [0.5, 0.6) is 0 Å². The molecule has 0 fully saturated rings. The minimum atomic E-state index is -0.566. The number of rotatable bonds is 10. The van der Waals surface area contributed by atoms with Gasteiger partial charge in [0.2, 0.25) is 11.8 Å². The van der Waals surface area contributed by atoms with Crippen molar-refractivity contribution in [1.82, 2.24) is 10.6 Å². The Balaban J connectivity index is 1.60. The van der Waals surface area contributed by atoms with E-state index in [2.05, 4.69) is 10.6 Å². The first-order valence-corrected chi connectivity index (χ1v) is 13.9. The fourth-order valence-corrected chi connectivity index (χ4v) is 5.05.